The number of amides is 1. The molecule has 4 unspecified atom stereocenters. The summed E-state index contributed by atoms with van der Waals surface area (Å²) in [6, 6.07) is 13.4. The lowest BCUT2D eigenvalue weighted by Gasteiger charge is -2.31. The third-order valence-corrected chi connectivity index (χ3v) is 6.03. The van der Waals surface area contributed by atoms with E-state index in [0.29, 0.717) is 25.7 Å². The van der Waals surface area contributed by atoms with Gasteiger partial charge >= 0.3 is 12.1 Å². The Morgan fingerprint density at radius 2 is 1.74 bits per heavy atom. The van der Waals surface area contributed by atoms with Crippen molar-refractivity contribution in [2.75, 3.05) is 0 Å². The van der Waals surface area contributed by atoms with E-state index in [1.807, 2.05) is 38.1 Å². The number of benzene rings is 2. The maximum absolute atomic E-state index is 13.5. The van der Waals surface area contributed by atoms with Crippen LogP contribution in [0.4, 0.5) is 9.18 Å². The largest absolute Gasteiger partial charge is 0.490 e. The van der Waals surface area contributed by atoms with Crippen LogP contribution in [-0.4, -0.2) is 35.9 Å². The maximum Gasteiger partial charge on any atom is 0.408 e. The predicted octanol–water partition coefficient (Wildman–Crippen LogP) is 5.75. The van der Waals surface area contributed by atoms with Gasteiger partial charge in [0.2, 0.25) is 0 Å². The van der Waals surface area contributed by atoms with Gasteiger partial charge in [0.05, 0.1) is 0 Å². The lowest BCUT2D eigenvalue weighted by Crippen LogP contribution is -2.45. The second-order valence-electron chi connectivity index (χ2n) is 10.2. The van der Waals surface area contributed by atoms with Crippen molar-refractivity contribution in [2.24, 2.45) is 5.92 Å². The molecule has 0 radical (unpaired) electrons. The molecule has 0 saturated carbocycles. The van der Waals surface area contributed by atoms with E-state index in [2.05, 4.69) is 5.32 Å². The third kappa shape index (κ3) is 8.26. The van der Waals surface area contributed by atoms with Crippen molar-refractivity contribution in [3.8, 4) is 5.75 Å². The number of ether oxygens (including phenoxy) is 3. The summed E-state index contributed by atoms with van der Waals surface area (Å²) in [5.41, 5.74) is 1.39. The topological polar surface area (TPSA) is 73.9 Å². The number of nitrogens with one attached hydrogen (secondary N) is 1. The van der Waals surface area contributed by atoms with Gasteiger partial charge in [0.25, 0.3) is 0 Å². The summed E-state index contributed by atoms with van der Waals surface area (Å²) >= 11 is 0. The first-order chi connectivity index (χ1) is 16.5. The maximum atomic E-state index is 13.5. The highest BCUT2D eigenvalue weighted by Gasteiger charge is 2.36. The van der Waals surface area contributed by atoms with Crippen molar-refractivity contribution >= 4 is 12.1 Å². The summed E-state index contributed by atoms with van der Waals surface area (Å²) in [6.07, 6.45) is 0.861. The first-order valence-corrected chi connectivity index (χ1v) is 12.2. The molecule has 1 aliphatic heterocycles. The lowest BCUT2D eigenvalue weighted by atomic mass is 9.87. The quantitative estimate of drug-likeness (QED) is 0.546. The standard InChI is InChI=1S/C28H36FNO5/c1-18-9-15-22(16-10-18)34-25-8-6-7-24(30-27(32)35-28(3,4)5)26(31)33-19(2)23(25)17-20-11-13-21(29)14-12-20/h9-16,19,23-25H,6-8,17H2,1-5H3,(H,30,32). The number of hydrogen-bond donors (Lipinski definition) is 1. The second-order valence-corrected chi connectivity index (χ2v) is 10.2. The van der Waals surface area contributed by atoms with Crippen LogP contribution in [0.3, 0.4) is 0 Å². The van der Waals surface area contributed by atoms with Gasteiger partial charge in [-0.3, -0.25) is 0 Å². The molecule has 2 aromatic rings. The van der Waals surface area contributed by atoms with Crippen LogP contribution < -0.4 is 10.1 Å². The first kappa shape index (κ1) is 26.5. The van der Waals surface area contributed by atoms with E-state index in [1.165, 1.54) is 12.1 Å². The molecule has 3 rings (SSSR count). The fraction of sp³-hybridized carbons (Fsp3) is 0.500. The fourth-order valence-corrected chi connectivity index (χ4v) is 4.22. The van der Waals surface area contributed by atoms with Crippen LogP contribution in [0.5, 0.6) is 5.75 Å². The van der Waals surface area contributed by atoms with Crippen LogP contribution in [0.25, 0.3) is 0 Å². The SMILES string of the molecule is Cc1ccc(OC2CCCC(NC(=O)OC(C)(C)C)C(=O)OC(C)C2Cc2ccc(F)cc2)cc1. The molecule has 0 spiro atoms. The summed E-state index contributed by atoms with van der Waals surface area (Å²) in [5, 5.41) is 2.66. The third-order valence-electron chi connectivity index (χ3n) is 6.03. The minimum absolute atomic E-state index is 0.175. The van der Waals surface area contributed by atoms with Crippen molar-refractivity contribution in [3.63, 3.8) is 0 Å². The molecule has 2 aromatic carbocycles. The van der Waals surface area contributed by atoms with Crippen LogP contribution in [0.1, 0.15) is 58.1 Å². The average molecular weight is 486 g/mol. The Morgan fingerprint density at radius 1 is 1.09 bits per heavy atom. The highest BCUT2D eigenvalue weighted by atomic mass is 19.1. The van der Waals surface area contributed by atoms with E-state index in [-0.39, 0.29) is 17.8 Å². The second kappa shape index (κ2) is 11.6. The van der Waals surface area contributed by atoms with E-state index < -0.39 is 29.8 Å². The molecule has 0 aromatic heterocycles. The summed E-state index contributed by atoms with van der Waals surface area (Å²) in [4.78, 5) is 25.3. The highest BCUT2D eigenvalue weighted by molar-refractivity contribution is 5.81. The van der Waals surface area contributed by atoms with E-state index in [1.54, 1.807) is 32.9 Å². The van der Waals surface area contributed by atoms with Gasteiger partial charge in [-0.2, -0.15) is 0 Å². The summed E-state index contributed by atoms with van der Waals surface area (Å²) in [7, 11) is 0. The number of hydrogen-bond acceptors (Lipinski definition) is 5. The van der Waals surface area contributed by atoms with Crippen molar-refractivity contribution in [1.82, 2.24) is 5.32 Å². The molecular weight excluding hydrogens is 449 g/mol. The Morgan fingerprint density at radius 3 is 2.37 bits per heavy atom. The minimum Gasteiger partial charge on any atom is -0.490 e. The number of carbonyl (C=O) groups excluding carboxylic acids is 2. The Kier molecular flexibility index (Phi) is 8.76. The molecule has 0 bridgehead atoms. The zero-order valence-corrected chi connectivity index (χ0v) is 21.2. The molecule has 0 aliphatic carbocycles. The van der Waals surface area contributed by atoms with E-state index in [4.69, 9.17) is 14.2 Å². The molecule has 1 amide bonds. The zero-order chi connectivity index (χ0) is 25.6. The molecule has 1 N–H and O–H groups in total. The van der Waals surface area contributed by atoms with Crippen LogP contribution in [0.15, 0.2) is 48.5 Å². The van der Waals surface area contributed by atoms with Crippen LogP contribution in [0, 0.1) is 18.7 Å². The van der Waals surface area contributed by atoms with Crippen LogP contribution >= 0.6 is 0 Å². The Hall–Kier alpha value is -3.09. The van der Waals surface area contributed by atoms with Gasteiger partial charge < -0.3 is 19.5 Å². The van der Waals surface area contributed by atoms with Crippen molar-refractivity contribution in [2.45, 2.75) is 84.2 Å². The molecule has 1 saturated heterocycles. The number of carbonyl (C=O) groups is 2. The molecule has 4 atom stereocenters. The highest BCUT2D eigenvalue weighted by Crippen LogP contribution is 2.29. The minimum atomic E-state index is -0.808. The molecule has 1 heterocycles. The van der Waals surface area contributed by atoms with Crippen molar-refractivity contribution in [3.05, 3.63) is 65.5 Å². The van der Waals surface area contributed by atoms with Gasteiger partial charge in [-0.1, -0.05) is 29.8 Å². The number of esters is 1. The van der Waals surface area contributed by atoms with Gasteiger partial charge in [-0.05, 0) is 90.1 Å². The molecular formula is C28H36FNO5. The zero-order valence-electron chi connectivity index (χ0n) is 21.2. The van der Waals surface area contributed by atoms with E-state index >= 15 is 0 Å². The van der Waals surface area contributed by atoms with Gasteiger partial charge in [0.1, 0.15) is 35.4 Å². The summed E-state index contributed by atoms with van der Waals surface area (Å²) in [6.45, 7) is 9.16. The Balaban J connectivity index is 1.82. The van der Waals surface area contributed by atoms with Crippen LogP contribution in [0.2, 0.25) is 0 Å². The number of rotatable bonds is 5. The van der Waals surface area contributed by atoms with Crippen LogP contribution in [-0.2, 0) is 20.7 Å². The molecule has 1 fully saturated rings. The van der Waals surface area contributed by atoms with Gasteiger partial charge in [-0.25, -0.2) is 14.0 Å². The van der Waals surface area contributed by atoms with Crippen molar-refractivity contribution in [1.29, 1.82) is 0 Å². The number of cyclic esters (lactones) is 1. The first-order valence-electron chi connectivity index (χ1n) is 12.2. The molecule has 7 heteroatoms. The molecule has 6 nitrogen and oxygen atoms in total. The molecule has 190 valence electrons. The monoisotopic (exact) mass is 485 g/mol. The smallest absolute Gasteiger partial charge is 0.408 e. The average Bonchev–Trinajstić information content (AvgIpc) is 2.81. The number of alkyl carbamates (subject to hydrolysis) is 1. The lowest BCUT2D eigenvalue weighted by molar-refractivity contribution is -0.154. The normalized spacial score (nSPS) is 23.3. The van der Waals surface area contributed by atoms with Gasteiger partial charge in [-0.15, -0.1) is 0 Å². The van der Waals surface area contributed by atoms with E-state index in [0.717, 1.165) is 16.9 Å². The number of halogens is 1. The Bertz CT molecular complexity index is 984. The summed E-state index contributed by atoms with van der Waals surface area (Å²) in [5.74, 6) is -0.230. The fourth-order valence-electron chi connectivity index (χ4n) is 4.22. The molecule has 1 aliphatic rings. The van der Waals surface area contributed by atoms with Crippen molar-refractivity contribution < 1.29 is 28.2 Å². The van der Waals surface area contributed by atoms with Gasteiger partial charge in [0, 0.05) is 5.92 Å². The number of aryl methyl sites for hydroxylation is 1. The molecule has 35 heavy (non-hydrogen) atoms. The Labute approximate surface area is 207 Å². The van der Waals surface area contributed by atoms with Gasteiger partial charge in [0.15, 0.2) is 0 Å². The predicted molar refractivity (Wildman–Crippen MR) is 132 cm³/mol. The van der Waals surface area contributed by atoms with E-state index in [9.17, 15) is 14.0 Å². The summed E-state index contributed by atoms with van der Waals surface area (Å²) < 4.78 is 31.1.